The molecule has 1 rings (SSSR count). The molecule has 0 aliphatic heterocycles. The standard InChI is InChI=1S/C11H18N2O2/c1-6(2)10-8(4)12-9(13-10)5-7(3)11(14)15/h6-7H,5H2,1-4H3,(H,12,13)(H,14,15). The predicted molar refractivity (Wildman–Crippen MR) is 57.9 cm³/mol. The molecule has 84 valence electrons. The molecule has 0 aromatic carbocycles. The topological polar surface area (TPSA) is 66.0 Å². The molecule has 0 saturated carbocycles. The molecule has 0 aliphatic rings. The maximum absolute atomic E-state index is 10.7. The van der Waals surface area contributed by atoms with Crippen LogP contribution in [-0.4, -0.2) is 21.0 Å². The number of carboxylic acid groups (broad SMARTS) is 1. The summed E-state index contributed by atoms with van der Waals surface area (Å²) in [6, 6.07) is 0. The lowest BCUT2D eigenvalue weighted by molar-refractivity contribution is -0.141. The molecule has 1 aromatic rings. The van der Waals surface area contributed by atoms with Gasteiger partial charge >= 0.3 is 5.97 Å². The van der Waals surface area contributed by atoms with Crippen LogP contribution in [0, 0.1) is 12.8 Å². The summed E-state index contributed by atoms with van der Waals surface area (Å²) in [4.78, 5) is 18.2. The normalized spacial score (nSPS) is 13.1. The van der Waals surface area contributed by atoms with Crippen LogP contribution in [-0.2, 0) is 11.2 Å². The van der Waals surface area contributed by atoms with Crippen LogP contribution in [0.25, 0.3) is 0 Å². The van der Waals surface area contributed by atoms with Gasteiger partial charge in [-0.05, 0) is 12.8 Å². The molecule has 1 unspecified atom stereocenters. The molecule has 0 bridgehead atoms. The number of H-pyrrole nitrogens is 1. The summed E-state index contributed by atoms with van der Waals surface area (Å²) in [6.07, 6.45) is 0.461. The predicted octanol–water partition coefficient (Wildman–Crippen LogP) is 2.10. The van der Waals surface area contributed by atoms with Crippen molar-refractivity contribution in [2.75, 3.05) is 0 Å². The monoisotopic (exact) mass is 210 g/mol. The zero-order valence-corrected chi connectivity index (χ0v) is 9.66. The number of hydrogen-bond acceptors (Lipinski definition) is 2. The highest BCUT2D eigenvalue weighted by atomic mass is 16.4. The third-order valence-electron chi connectivity index (χ3n) is 2.44. The maximum Gasteiger partial charge on any atom is 0.306 e. The van der Waals surface area contributed by atoms with Crippen LogP contribution in [0.4, 0.5) is 0 Å². The first-order chi connectivity index (χ1) is 6.91. The van der Waals surface area contributed by atoms with Gasteiger partial charge in [-0.3, -0.25) is 4.79 Å². The number of carboxylic acids is 1. The molecule has 1 heterocycles. The van der Waals surface area contributed by atoms with E-state index in [-0.39, 0.29) is 0 Å². The fourth-order valence-corrected chi connectivity index (χ4v) is 1.57. The minimum absolute atomic E-state index is 0.370. The van der Waals surface area contributed by atoms with Gasteiger partial charge in [0.1, 0.15) is 5.82 Å². The van der Waals surface area contributed by atoms with Crippen molar-refractivity contribution in [3.63, 3.8) is 0 Å². The van der Waals surface area contributed by atoms with E-state index in [0.29, 0.717) is 12.3 Å². The zero-order chi connectivity index (χ0) is 11.6. The zero-order valence-electron chi connectivity index (χ0n) is 9.66. The van der Waals surface area contributed by atoms with E-state index in [9.17, 15) is 4.79 Å². The molecule has 0 radical (unpaired) electrons. The molecule has 0 aliphatic carbocycles. The SMILES string of the molecule is Cc1[nH]c(CC(C)C(=O)O)nc1C(C)C. The van der Waals surface area contributed by atoms with Gasteiger partial charge in [0.05, 0.1) is 11.6 Å². The highest BCUT2D eigenvalue weighted by Crippen LogP contribution is 2.17. The molecular formula is C11H18N2O2. The smallest absolute Gasteiger partial charge is 0.306 e. The summed E-state index contributed by atoms with van der Waals surface area (Å²) in [5.74, 6) is -0.0352. The number of carbonyl (C=O) groups is 1. The number of nitrogens with one attached hydrogen (secondary N) is 1. The minimum Gasteiger partial charge on any atom is -0.481 e. The van der Waals surface area contributed by atoms with Crippen molar-refractivity contribution in [2.45, 2.75) is 40.0 Å². The summed E-state index contributed by atoms with van der Waals surface area (Å²) >= 11 is 0. The van der Waals surface area contributed by atoms with Gasteiger partial charge in [0.25, 0.3) is 0 Å². The van der Waals surface area contributed by atoms with E-state index >= 15 is 0 Å². The van der Waals surface area contributed by atoms with Crippen LogP contribution in [0.1, 0.15) is 43.9 Å². The number of aromatic nitrogens is 2. The van der Waals surface area contributed by atoms with Crippen molar-refractivity contribution < 1.29 is 9.90 Å². The molecule has 0 spiro atoms. The Morgan fingerprint density at radius 2 is 2.07 bits per heavy atom. The van der Waals surface area contributed by atoms with Crippen LogP contribution in [0.15, 0.2) is 0 Å². The van der Waals surface area contributed by atoms with Gasteiger partial charge in [-0.15, -0.1) is 0 Å². The van der Waals surface area contributed by atoms with Crippen molar-refractivity contribution in [3.8, 4) is 0 Å². The number of imidazole rings is 1. The van der Waals surface area contributed by atoms with Crippen molar-refractivity contribution in [3.05, 3.63) is 17.2 Å². The Morgan fingerprint density at radius 1 is 1.47 bits per heavy atom. The third kappa shape index (κ3) is 2.81. The average Bonchev–Trinajstić information content (AvgIpc) is 2.46. The lowest BCUT2D eigenvalue weighted by atomic mass is 10.1. The molecule has 4 nitrogen and oxygen atoms in total. The van der Waals surface area contributed by atoms with Gasteiger partial charge in [-0.2, -0.15) is 0 Å². The Hall–Kier alpha value is -1.32. The second-order valence-electron chi connectivity index (χ2n) is 4.29. The van der Waals surface area contributed by atoms with E-state index < -0.39 is 11.9 Å². The third-order valence-corrected chi connectivity index (χ3v) is 2.44. The average molecular weight is 210 g/mol. The number of rotatable bonds is 4. The summed E-state index contributed by atoms with van der Waals surface area (Å²) < 4.78 is 0. The van der Waals surface area contributed by atoms with E-state index in [0.717, 1.165) is 17.2 Å². The van der Waals surface area contributed by atoms with E-state index in [1.165, 1.54) is 0 Å². The number of nitrogens with zero attached hydrogens (tertiary/aromatic N) is 1. The van der Waals surface area contributed by atoms with E-state index in [1.807, 2.05) is 6.92 Å². The molecule has 4 heteroatoms. The first-order valence-electron chi connectivity index (χ1n) is 5.20. The Bertz CT molecular complexity index is 355. The molecule has 1 aromatic heterocycles. The molecule has 1 atom stereocenters. The molecule has 0 fully saturated rings. The Morgan fingerprint density at radius 3 is 2.47 bits per heavy atom. The van der Waals surface area contributed by atoms with E-state index in [4.69, 9.17) is 5.11 Å². The van der Waals surface area contributed by atoms with Gasteiger partial charge in [0, 0.05) is 12.1 Å². The molecule has 0 amide bonds. The molecule has 2 N–H and O–H groups in total. The largest absolute Gasteiger partial charge is 0.481 e. The van der Waals surface area contributed by atoms with Crippen molar-refractivity contribution >= 4 is 5.97 Å². The Labute approximate surface area is 89.7 Å². The van der Waals surface area contributed by atoms with E-state index in [2.05, 4.69) is 23.8 Å². The quantitative estimate of drug-likeness (QED) is 0.799. The van der Waals surface area contributed by atoms with Gasteiger partial charge < -0.3 is 10.1 Å². The van der Waals surface area contributed by atoms with Crippen LogP contribution in [0.3, 0.4) is 0 Å². The highest BCUT2D eigenvalue weighted by molar-refractivity contribution is 5.69. The second kappa shape index (κ2) is 4.47. The molecule has 0 saturated heterocycles. The summed E-state index contributed by atoms with van der Waals surface area (Å²) in [5, 5.41) is 8.79. The summed E-state index contributed by atoms with van der Waals surface area (Å²) in [5.41, 5.74) is 2.07. The lowest BCUT2D eigenvalue weighted by Gasteiger charge is -2.02. The van der Waals surface area contributed by atoms with E-state index in [1.54, 1.807) is 6.92 Å². The Balaban J connectivity index is 2.79. The van der Waals surface area contributed by atoms with Gasteiger partial charge in [0.15, 0.2) is 0 Å². The van der Waals surface area contributed by atoms with Crippen LogP contribution < -0.4 is 0 Å². The first kappa shape index (κ1) is 11.8. The molecular weight excluding hydrogens is 192 g/mol. The summed E-state index contributed by atoms with van der Waals surface area (Å²) in [7, 11) is 0. The number of aliphatic carboxylic acids is 1. The highest BCUT2D eigenvalue weighted by Gasteiger charge is 2.16. The van der Waals surface area contributed by atoms with Crippen LogP contribution in [0.5, 0.6) is 0 Å². The van der Waals surface area contributed by atoms with Crippen molar-refractivity contribution in [1.82, 2.24) is 9.97 Å². The van der Waals surface area contributed by atoms with Gasteiger partial charge in [-0.1, -0.05) is 20.8 Å². The fraction of sp³-hybridized carbons (Fsp3) is 0.636. The first-order valence-corrected chi connectivity index (χ1v) is 5.20. The minimum atomic E-state index is -0.782. The van der Waals surface area contributed by atoms with Crippen molar-refractivity contribution in [2.24, 2.45) is 5.92 Å². The Kier molecular flexibility index (Phi) is 3.50. The lowest BCUT2D eigenvalue weighted by Crippen LogP contribution is -2.13. The van der Waals surface area contributed by atoms with Gasteiger partial charge in [-0.25, -0.2) is 4.98 Å². The van der Waals surface area contributed by atoms with Crippen LogP contribution in [0.2, 0.25) is 0 Å². The van der Waals surface area contributed by atoms with Crippen LogP contribution >= 0.6 is 0 Å². The number of hydrogen-bond donors (Lipinski definition) is 2. The van der Waals surface area contributed by atoms with Gasteiger partial charge in [0.2, 0.25) is 0 Å². The second-order valence-corrected chi connectivity index (χ2v) is 4.29. The fourth-order valence-electron chi connectivity index (χ4n) is 1.57. The molecule has 15 heavy (non-hydrogen) atoms. The maximum atomic E-state index is 10.7. The number of aryl methyl sites for hydroxylation is 1. The summed E-state index contributed by atoms with van der Waals surface area (Å²) in [6.45, 7) is 7.81. The number of aromatic amines is 1. The van der Waals surface area contributed by atoms with Crippen molar-refractivity contribution in [1.29, 1.82) is 0 Å².